The van der Waals surface area contributed by atoms with E-state index in [2.05, 4.69) is 27.0 Å². The Bertz CT molecular complexity index is 204. The first-order valence-electron chi connectivity index (χ1n) is 5.48. The molecule has 0 aliphatic rings. The maximum absolute atomic E-state index is 9.60. The SMILES string of the molecule is C=C(C)C(=O)O.C=C(C)C(=O)O.CCCCC. The van der Waals surface area contributed by atoms with Gasteiger partial charge in [-0.15, -0.1) is 0 Å². The van der Waals surface area contributed by atoms with Crippen molar-refractivity contribution < 1.29 is 19.8 Å². The second-order valence-corrected chi connectivity index (χ2v) is 3.52. The van der Waals surface area contributed by atoms with E-state index < -0.39 is 11.9 Å². The fraction of sp³-hybridized carbons (Fsp3) is 0.538. The lowest BCUT2D eigenvalue weighted by Crippen LogP contribution is -1.92. The summed E-state index contributed by atoms with van der Waals surface area (Å²) in [5.41, 5.74) is 0.352. The molecule has 0 saturated carbocycles. The second-order valence-electron chi connectivity index (χ2n) is 3.52. The third-order valence-electron chi connectivity index (χ3n) is 1.44. The minimum absolute atomic E-state index is 0.176. The first-order valence-corrected chi connectivity index (χ1v) is 5.48. The maximum Gasteiger partial charge on any atom is 0.330 e. The van der Waals surface area contributed by atoms with Crippen LogP contribution in [-0.4, -0.2) is 22.2 Å². The fourth-order valence-corrected chi connectivity index (χ4v) is 0.354. The van der Waals surface area contributed by atoms with Crippen LogP contribution in [0.3, 0.4) is 0 Å². The van der Waals surface area contributed by atoms with E-state index in [4.69, 9.17) is 10.2 Å². The lowest BCUT2D eigenvalue weighted by Gasteiger charge is -1.79. The number of unbranched alkanes of at least 4 members (excludes halogenated alkanes) is 2. The van der Waals surface area contributed by atoms with Crippen LogP contribution in [-0.2, 0) is 9.59 Å². The predicted octanol–water partition coefficient (Wildman–Crippen LogP) is 3.49. The van der Waals surface area contributed by atoms with Crippen molar-refractivity contribution in [1.29, 1.82) is 0 Å². The van der Waals surface area contributed by atoms with E-state index in [-0.39, 0.29) is 11.1 Å². The average Bonchev–Trinajstić information content (AvgIpc) is 2.20. The maximum atomic E-state index is 9.60. The molecule has 4 nitrogen and oxygen atoms in total. The quantitative estimate of drug-likeness (QED) is 0.742. The Hall–Kier alpha value is -1.58. The van der Waals surface area contributed by atoms with Gasteiger partial charge in [0.15, 0.2) is 0 Å². The van der Waals surface area contributed by atoms with E-state index >= 15 is 0 Å². The van der Waals surface area contributed by atoms with Crippen molar-refractivity contribution >= 4 is 11.9 Å². The number of rotatable bonds is 4. The molecule has 0 aliphatic heterocycles. The summed E-state index contributed by atoms with van der Waals surface area (Å²) in [6.45, 7) is 13.6. The Balaban J connectivity index is -0.000000174. The van der Waals surface area contributed by atoms with Crippen molar-refractivity contribution in [3.05, 3.63) is 24.3 Å². The summed E-state index contributed by atoms with van der Waals surface area (Å²) in [4.78, 5) is 19.2. The molecule has 0 bridgehead atoms. The number of carboxylic acid groups (broad SMARTS) is 2. The third-order valence-corrected chi connectivity index (χ3v) is 1.44. The van der Waals surface area contributed by atoms with Gasteiger partial charge in [-0.25, -0.2) is 9.59 Å². The van der Waals surface area contributed by atoms with Crippen molar-refractivity contribution in [3.8, 4) is 0 Å². The molecule has 0 unspecified atom stereocenters. The minimum Gasteiger partial charge on any atom is -0.478 e. The highest BCUT2D eigenvalue weighted by molar-refractivity contribution is 5.85. The van der Waals surface area contributed by atoms with Crippen molar-refractivity contribution in [2.75, 3.05) is 0 Å². The van der Waals surface area contributed by atoms with Crippen molar-refractivity contribution in [3.63, 3.8) is 0 Å². The van der Waals surface area contributed by atoms with E-state index in [1.165, 1.54) is 33.1 Å². The molecule has 0 rings (SSSR count). The van der Waals surface area contributed by atoms with Gasteiger partial charge in [-0.1, -0.05) is 46.3 Å². The molecule has 4 heteroatoms. The lowest BCUT2D eigenvalue weighted by molar-refractivity contribution is -0.133. The van der Waals surface area contributed by atoms with Crippen LogP contribution in [0.15, 0.2) is 24.3 Å². The number of carbonyl (C=O) groups is 2. The monoisotopic (exact) mass is 244 g/mol. The van der Waals surface area contributed by atoms with Crippen LogP contribution in [0.25, 0.3) is 0 Å². The van der Waals surface area contributed by atoms with Crippen molar-refractivity contribution in [2.24, 2.45) is 0 Å². The molecule has 0 aromatic rings. The van der Waals surface area contributed by atoms with Crippen LogP contribution in [0.5, 0.6) is 0 Å². The molecule has 0 amide bonds. The van der Waals surface area contributed by atoms with Gasteiger partial charge in [-0.3, -0.25) is 0 Å². The molecule has 0 atom stereocenters. The van der Waals surface area contributed by atoms with Gasteiger partial charge < -0.3 is 10.2 Å². The summed E-state index contributed by atoms with van der Waals surface area (Å²) >= 11 is 0. The summed E-state index contributed by atoms with van der Waals surface area (Å²) in [7, 11) is 0. The highest BCUT2D eigenvalue weighted by atomic mass is 16.4. The van der Waals surface area contributed by atoms with Crippen LogP contribution < -0.4 is 0 Å². The summed E-state index contributed by atoms with van der Waals surface area (Å²) < 4.78 is 0. The highest BCUT2D eigenvalue weighted by Crippen LogP contribution is 1.88. The minimum atomic E-state index is -0.935. The molecule has 0 radical (unpaired) electrons. The Morgan fingerprint density at radius 2 is 1.06 bits per heavy atom. The lowest BCUT2D eigenvalue weighted by atomic mass is 10.3. The van der Waals surface area contributed by atoms with E-state index in [9.17, 15) is 9.59 Å². The molecule has 2 N–H and O–H groups in total. The Kier molecular flexibility index (Phi) is 17.6. The van der Waals surface area contributed by atoms with Crippen LogP contribution in [0.4, 0.5) is 0 Å². The topological polar surface area (TPSA) is 74.6 Å². The summed E-state index contributed by atoms with van der Waals surface area (Å²) in [5.74, 6) is -1.87. The molecule has 0 saturated heterocycles. The zero-order valence-electron chi connectivity index (χ0n) is 11.2. The highest BCUT2D eigenvalue weighted by Gasteiger charge is 1.90. The normalized spacial score (nSPS) is 7.76. The summed E-state index contributed by atoms with van der Waals surface area (Å²) in [6, 6.07) is 0. The Morgan fingerprint density at radius 1 is 0.882 bits per heavy atom. The summed E-state index contributed by atoms with van der Waals surface area (Å²) in [6.07, 6.45) is 4.08. The van der Waals surface area contributed by atoms with Crippen LogP contribution in [0.1, 0.15) is 47.0 Å². The van der Waals surface area contributed by atoms with E-state index in [0.717, 1.165) is 0 Å². The average molecular weight is 244 g/mol. The molecule has 0 fully saturated rings. The van der Waals surface area contributed by atoms with Gasteiger partial charge in [-0.2, -0.15) is 0 Å². The predicted molar refractivity (Wildman–Crippen MR) is 70.1 cm³/mol. The Labute approximate surface area is 104 Å². The van der Waals surface area contributed by atoms with Crippen LogP contribution >= 0.6 is 0 Å². The molecular formula is C13H24O4. The van der Waals surface area contributed by atoms with Gasteiger partial charge in [0.1, 0.15) is 0 Å². The zero-order chi connectivity index (χ0) is 14.4. The number of carboxylic acids is 2. The fourth-order valence-electron chi connectivity index (χ4n) is 0.354. The summed E-state index contributed by atoms with van der Waals surface area (Å²) in [5, 5.41) is 15.8. The van der Waals surface area contributed by atoms with Gasteiger partial charge in [0.05, 0.1) is 0 Å². The number of hydrogen-bond donors (Lipinski definition) is 2. The largest absolute Gasteiger partial charge is 0.478 e. The van der Waals surface area contributed by atoms with Gasteiger partial charge in [0, 0.05) is 11.1 Å². The standard InChI is InChI=1S/C5H12.2C4H6O2/c1-3-5-4-2;2*1-3(2)4(5)6/h3-5H2,1-2H3;2*1H2,2H3,(H,5,6). The first kappa shape index (κ1) is 20.8. The molecule has 100 valence electrons. The smallest absolute Gasteiger partial charge is 0.330 e. The van der Waals surface area contributed by atoms with Gasteiger partial charge >= 0.3 is 11.9 Å². The zero-order valence-corrected chi connectivity index (χ0v) is 11.2. The van der Waals surface area contributed by atoms with Gasteiger partial charge in [0.2, 0.25) is 0 Å². The van der Waals surface area contributed by atoms with E-state index in [1.807, 2.05) is 0 Å². The molecule has 17 heavy (non-hydrogen) atoms. The van der Waals surface area contributed by atoms with Crippen LogP contribution in [0, 0.1) is 0 Å². The van der Waals surface area contributed by atoms with Gasteiger partial charge in [-0.05, 0) is 13.8 Å². The van der Waals surface area contributed by atoms with Crippen molar-refractivity contribution in [2.45, 2.75) is 47.0 Å². The second kappa shape index (κ2) is 14.4. The first-order chi connectivity index (χ1) is 7.70. The molecule has 0 heterocycles. The van der Waals surface area contributed by atoms with E-state index in [0.29, 0.717) is 0 Å². The number of hydrogen-bond acceptors (Lipinski definition) is 2. The molecular weight excluding hydrogens is 220 g/mol. The molecule has 0 aromatic heterocycles. The molecule has 0 aromatic carbocycles. The van der Waals surface area contributed by atoms with E-state index in [1.54, 1.807) is 0 Å². The van der Waals surface area contributed by atoms with Crippen molar-refractivity contribution in [1.82, 2.24) is 0 Å². The molecule has 0 spiro atoms. The van der Waals surface area contributed by atoms with Gasteiger partial charge in [0.25, 0.3) is 0 Å². The third kappa shape index (κ3) is 31.4. The van der Waals surface area contributed by atoms with Crippen LogP contribution in [0.2, 0.25) is 0 Å². The Morgan fingerprint density at radius 3 is 1.06 bits per heavy atom. The number of aliphatic carboxylic acids is 2. The molecule has 0 aliphatic carbocycles.